The maximum Gasteiger partial charge on any atom is 0.191 e. The first-order valence-electron chi connectivity index (χ1n) is 8.92. The van der Waals surface area contributed by atoms with Crippen molar-refractivity contribution < 1.29 is 0 Å². The standard InChI is InChI=1S/C18H29N5S/c19-18(23-12-14-24-15-13-23)20-6-7-21-8-10-22(11-9-21)16-17-4-2-1-3-5-17/h1-5H,6-16H2,(H2,19,20). The highest BCUT2D eigenvalue weighted by Gasteiger charge is 2.17. The van der Waals surface area contributed by atoms with Crippen molar-refractivity contribution in [2.75, 3.05) is 63.9 Å². The molecule has 24 heavy (non-hydrogen) atoms. The number of rotatable bonds is 5. The SMILES string of the molecule is NC(=NCCN1CCN(Cc2ccccc2)CC1)N1CCSCC1. The molecule has 2 aliphatic heterocycles. The van der Waals surface area contributed by atoms with E-state index in [0.717, 1.165) is 64.9 Å². The number of hydrogen-bond acceptors (Lipinski definition) is 4. The molecular weight excluding hydrogens is 318 g/mol. The highest BCUT2D eigenvalue weighted by molar-refractivity contribution is 7.99. The normalized spacial score (nSPS) is 21.2. The second-order valence-electron chi connectivity index (χ2n) is 6.44. The van der Waals surface area contributed by atoms with Crippen LogP contribution in [0, 0.1) is 0 Å². The van der Waals surface area contributed by atoms with Crippen LogP contribution in [0.3, 0.4) is 0 Å². The number of hydrogen-bond donors (Lipinski definition) is 1. The summed E-state index contributed by atoms with van der Waals surface area (Å²) in [6.07, 6.45) is 0. The van der Waals surface area contributed by atoms with E-state index >= 15 is 0 Å². The van der Waals surface area contributed by atoms with Gasteiger partial charge in [-0.2, -0.15) is 11.8 Å². The van der Waals surface area contributed by atoms with Crippen molar-refractivity contribution in [2.24, 2.45) is 10.7 Å². The van der Waals surface area contributed by atoms with E-state index in [4.69, 9.17) is 5.73 Å². The van der Waals surface area contributed by atoms with Crippen molar-refractivity contribution in [2.45, 2.75) is 6.54 Å². The van der Waals surface area contributed by atoms with Gasteiger partial charge in [0, 0.05) is 63.9 Å². The van der Waals surface area contributed by atoms with Gasteiger partial charge in [-0.25, -0.2) is 0 Å². The zero-order chi connectivity index (χ0) is 16.6. The van der Waals surface area contributed by atoms with Gasteiger partial charge < -0.3 is 10.6 Å². The lowest BCUT2D eigenvalue weighted by atomic mass is 10.2. The van der Waals surface area contributed by atoms with E-state index < -0.39 is 0 Å². The summed E-state index contributed by atoms with van der Waals surface area (Å²) in [6.45, 7) is 9.50. The molecule has 132 valence electrons. The van der Waals surface area contributed by atoms with Crippen LogP contribution < -0.4 is 5.73 Å². The fourth-order valence-corrected chi connectivity index (χ4v) is 4.11. The van der Waals surface area contributed by atoms with E-state index in [-0.39, 0.29) is 0 Å². The molecule has 0 unspecified atom stereocenters. The Bertz CT molecular complexity index is 507. The average molecular weight is 348 g/mol. The molecule has 0 saturated carbocycles. The average Bonchev–Trinajstić information content (AvgIpc) is 2.65. The summed E-state index contributed by atoms with van der Waals surface area (Å²) in [5, 5.41) is 0. The van der Waals surface area contributed by atoms with E-state index in [9.17, 15) is 0 Å². The number of piperazine rings is 1. The summed E-state index contributed by atoms with van der Waals surface area (Å²) >= 11 is 2.00. The lowest BCUT2D eigenvalue weighted by Crippen LogP contribution is -2.47. The van der Waals surface area contributed by atoms with Gasteiger partial charge >= 0.3 is 0 Å². The van der Waals surface area contributed by atoms with Crippen LogP contribution >= 0.6 is 11.8 Å². The number of benzene rings is 1. The van der Waals surface area contributed by atoms with Gasteiger partial charge in [-0.15, -0.1) is 0 Å². The predicted molar refractivity (Wildman–Crippen MR) is 104 cm³/mol. The first kappa shape index (κ1) is 17.6. The minimum Gasteiger partial charge on any atom is -0.370 e. The summed E-state index contributed by atoms with van der Waals surface area (Å²) in [7, 11) is 0. The van der Waals surface area contributed by atoms with Gasteiger partial charge in [0.05, 0.1) is 6.54 Å². The largest absolute Gasteiger partial charge is 0.370 e. The molecule has 5 nitrogen and oxygen atoms in total. The van der Waals surface area contributed by atoms with Crippen LogP contribution in [0.1, 0.15) is 5.56 Å². The molecule has 3 rings (SSSR count). The van der Waals surface area contributed by atoms with Crippen LogP contribution in [-0.2, 0) is 6.54 Å². The van der Waals surface area contributed by atoms with Crippen LogP contribution in [0.4, 0.5) is 0 Å². The lowest BCUT2D eigenvalue weighted by Gasteiger charge is -2.34. The highest BCUT2D eigenvalue weighted by Crippen LogP contribution is 2.09. The van der Waals surface area contributed by atoms with E-state index in [1.54, 1.807) is 0 Å². The van der Waals surface area contributed by atoms with Gasteiger partial charge in [-0.1, -0.05) is 30.3 Å². The monoisotopic (exact) mass is 347 g/mol. The molecule has 0 bridgehead atoms. The molecule has 0 amide bonds. The molecule has 0 atom stereocenters. The maximum absolute atomic E-state index is 6.11. The highest BCUT2D eigenvalue weighted by atomic mass is 32.2. The Balaban J connectivity index is 1.35. The Hall–Kier alpha value is -1.24. The smallest absolute Gasteiger partial charge is 0.191 e. The fourth-order valence-electron chi connectivity index (χ4n) is 3.21. The predicted octanol–water partition coefficient (Wildman–Crippen LogP) is 1.17. The van der Waals surface area contributed by atoms with Crippen molar-refractivity contribution in [1.29, 1.82) is 0 Å². The fraction of sp³-hybridized carbons (Fsp3) is 0.611. The number of thioether (sulfide) groups is 1. The summed E-state index contributed by atoms with van der Waals surface area (Å²) in [6, 6.07) is 10.7. The first-order valence-corrected chi connectivity index (χ1v) is 10.1. The molecule has 1 aromatic carbocycles. The van der Waals surface area contributed by atoms with Crippen LogP contribution in [0.5, 0.6) is 0 Å². The van der Waals surface area contributed by atoms with E-state index in [1.165, 1.54) is 17.1 Å². The van der Waals surface area contributed by atoms with Crippen molar-refractivity contribution in [3.05, 3.63) is 35.9 Å². The van der Waals surface area contributed by atoms with Gasteiger partial charge in [0.15, 0.2) is 5.96 Å². The van der Waals surface area contributed by atoms with Crippen molar-refractivity contribution in [1.82, 2.24) is 14.7 Å². The van der Waals surface area contributed by atoms with Crippen LogP contribution in [-0.4, -0.2) is 84.5 Å². The van der Waals surface area contributed by atoms with Gasteiger partial charge in [0.1, 0.15) is 0 Å². The minimum atomic E-state index is 0.734. The molecule has 2 fully saturated rings. The molecule has 0 aromatic heterocycles. The second-order valence-corrected chi connectivity index (χ2v) is 7.67. The first-order chi connectivity index (χ1) is 11.8. The number of nitrogens with zero attached hydrogens (tertiary/aromatic N) is 4. The quantitative estimate of drug-likeness (QED) is 0.640. The Morgan fingerprint density at radius 1 is 0.958 bits per heavy atom. The third kappa shape index (κ3) is 5.40. The van der Waals surface area contributed by atoms with E-state index in [2.05, 4.69) is 50.0 Å². The summed E-state index contributed by atoms with van der Waals surface area (Å²) < 4.78 is 0. The Labute approximate surface area is 149 Å². The van der Waals surface area contributed by atoms with Crippen molar-refractivity contribution >= 4 is 17.7 Å². The van der Waals surface area contributed by atoms with Gasteiger partial charge in [0.25, 0.3) is 0 Å². The van der Waals surface area contributed by atoms with Crippen LogP contribution in [0.15, 0.2) is 35.3 Å². The Kier molecular flexibility index (Phi) is 6.81. The molecule has 2 saturated heterocycles. The molecule has 2 heterocycles. The maximum atomic E-state index is 6.11. The summed E-state index contributed by atoms with van der Waals surface area (Å²) in [5.74, 6) is 3.07. The zero-order valence-electron chi connectivity index (χ0n) is 14.4. The van der Waals surface area contributed by atoms with E-state index in [0.29, 0.717) is 0 Å². The molecule has 0 aliphatic carbocycles. The molecule has 2 N–H and O–H groups in total. The molecule has 0 spiro atoms. The minimum absolute atomic E-state index is 0.734. The van der Waals surface area contributed by atoms with Gasteiger partial charge in [-0.3, -0.25) is 14.8 Å². The van der Waals surface area contributed by atoms with E-state index in [1.807, 2.05) is 11.8 Å². The van der Waals surface area contributed by atoms with Crippen LogP contribution in [0.25, 0.3) is 0 Å². The second kappa shape index (κ2) is 9.30. The summed E-state index contributed by atoms with van der Waals surface area (Å²) in [4.78, 5) is 11.8. The number of guanidine groups is 1. The molecular formula is C18H29N5S. The lowest BCUT2D eigenvalue weighted by molar-refractivity contribution is 0.130. The number of nitrogens with two attached hydrogens (primary N) is 1. The van der Waals surface area contributed by atoms with Crippen molar-refractivity contribution in [3.8, 4) is 0 Å². The Morgan fingerprint density at radius 2 is 1.62 bits per heavy atom. The Morgan fingerprint density at radius 3 is 2.33 bits per heavy atom. The third-order valence-corrected chi connectivity index (χ3v) is 5.68. The zero-order valence-corrected chi connectivity index (χ0v) is 15.3. The van der Waals surface area contributed by atoms with Crippen molar-refractivity contribution in [3.63, 3.8) is 0 Å². The molecule has 6 heteroatoms. The molecule has 0 radical (unpaired) electrons. The molecule has 1 aromatic rings. The van der Waals surface area contributed by atoms with Crippen LogP contribution in [0.2, 0.25) is 0 Å². The van der Waals surface area contributed by atoms with Gasteiger partial charge in [-0.05, 0) is 5.56 Å². The third-order valence-electron chi connectivity index (χ3n) is 4.74. The summed E-state index contributed by atoms with van der Waals surface area (Å²) in [5.41, 5.74) is 7.52. The number of aliphatic imine (C=N–C) groups is 1. The molecule has 2 aliphatic rings. The van der Waals surface area contributed by atoms with Gasteiger partial charge in [0.2, 0.25) is 0 Å². The topological polar surface area (TPSA) is 48.1 Å².